The smallest absolute Gasteiger partial charge is 0.333 e. The zero-order valence-electron chi connectivity index (χ0n) is 13.7. The molecule has 0 aliphatic heterocycles. The molecule has 20 heavy (non-hydrogen) atoms. The van der Waals surface area contributed by atoms with Gasteiger partial charge in [0, 0.05) is 18.8 Å². The molecule has 0 bridgehead atoms. The largest absolute Gasteiger partial charge is 0.462 e. The Morgan fingerprint density at radius 1 is 1.30 bits per heavy atom. The van der Waals surface area contributed by atoms with Gasteiger partial charge in [-0.15, -0.1) is 0 Å². The van der Waals surface area contributed by atoms with E-state index in [0.717, 1.165) is 31.7 Å². The zero-order chi connectivity index (χ0) is 15.6. The topological polar surface area (TPSA) is 44.8 Å². The van der Waals surface area contributed by atoms with Gasteiger partial charge in [-0.1, -0.05) is 6.58 Å². The van der Waals surface area contributed by atoms with Crippen LogP contribution >= 0.6 is 0 Å². The molecule has 0 saturated heterocycles. The molecule has 0 amide bonds. The van der Waals surface area contributed by atoms with Crippen molar-refractivity contribution in [3.05, 3.63) is 12.2 Å². The monoisotopic (exact) mass is 318 g/mol. The summed E-state index contributed by atoms with van der Waals surface area (Å²) >= 11 is 0. The fourth-order valence-electron chi connectivity index (χ4n) is 1.78. The number of rotatable bonds is 11. The van der Waals surface area contributed by atoms with Gasteiger partial charge in [-0.05, 0) is 52.0 Å². The van der Waals surface area contributed by atoms with Gasteiger partial charge in [-0.2, -0.15) is 0 Å². The van der Waals surface area contributed by atoms with Crippen LogP contribution in [0.25, 0.3) is 0 Å². The Labute approximate surface area is 126 Å². The van der Waals surface area contributed by atoms with Gasteiger partial charge in [0.15, 0.2) is 17.4 Å². The van der Waals surface area contributed by atoms with E-state index in [-0.39, 0.29) is 5.97 Å². The molecule has 1 atom stereocenters. The van der Waals surface area contributed by atoms with E-state index in [1.807, 2.05) is 6.92 Å². The molecular weight excluding hydrogens is 288 g/mol. The molecule has 0 rings (SSSR count). The van der Waals surface area contributed by atoms with E-state index in [1.165, 1.54) is 0 Å². The summed E-state index contributed by atoms with van der Waals surface area (Å²) in [6.45, 7) is 16.0. The fraction of sp³-hybridized carbons (Fsp3) is 0.786. The van der Waals surface area contributed by atoms with Gasteiger partial charge in [0.2, 0.25) is 0 Å². The average molecular weight is 319 g/mol. The van der Waals surface area contributed by atoms with E-state index < -0.39 is 17.4 Å². The Kier molecular flexibility index (Phi) is 10.1. The molecule has 0 aromatic carbocycles. The third kappa shape index (κ3) is 10.4. The van der Waals surface area contributed by atoms with Crippen molar-refractivity contribution < 1.29 is 18.4 Å². The van der Waals surface area contributed by atoms with Crippen molar-refractivity contribution in [3.63, 3.8) is 0 Å². The van der Waals surface area contributed by atoms with Gasteiger partial charge in [0.05, 0.1) is 6.61 Å². The minimum atomic E-state index is -1.59. The van der Waals surface area contributed by atoms with Crippen LogP contribution in [0.1, 0.15) is 20.3 Å². The highest BCUT2D eigenvalue weighted by Gasteiger charge is 2.24. The van der Waals surface area contributed by atoms with Crippen molar-refractivity contribution in [2.75, 3.05) is 19.8 Å². The molecule has 0 saturated carbocycles. The number of hydrogen-bond acceptors (Lipinski definition) is 4. The minimum Gasteiger partial charge on any atom is -0.462 e. The van der Waals surface area contributed by atoms with Crippen LogP contribution in [0.3, 0.4) is 0 Å². The van der Waals surface area contributed by atoms with Gasteiger partial charge in [0.25, 0.3) is 0 Å². The third-order valence-corrected chi connectivity index (χ3v) is 9.70. The Bertz CT molecular complexity index is 306. The molecule has 0 heterocycles. The maximum Gasteiger partial charge on any atom is 0.333 e. The van der Waals surface area contributed by atoms with Crippen molar-refractivity contribution in [3.8, 4) is 0 Å². The van der Waals surface area contributed by atoms with Crippen molar-refractivity contribution in [1.29, 1.82) is 0 Å². The highest BCUT2D eigenvalue weighted by Crippen LogP contribution is 2.15. The number of carbonyl (C=O) groups is 1. The van der Waals surface area contributed by atoms with E-state index >= 15 is 0 Å². The molecule has 0 aliphatic carbocycles. The quantitative estimate of drug-likeness (QED) is 0.254. The maximum atomic E-state index is 11.2. The SMILES string of the molecule is C=C(C)C(=O)OCCC[SiH](C)O[Si](C)(C)CCOCC. The van der Waals surface area contributed by atoms with Crippen LogP contribution in [0, 0.1) is 0 Å². The Hall–Kier alpha value is -0.436. The summed E-state index contributed by atoms with van der Waals surface area (Å²) in [6, 6.07) is 2.08. The van der Waals surface area contributed by atoms with Crippen molar-refractivity contribution in [2.24, 2.45) is 0 Å². The molecule has 118 valence electrons. The lowest BCUT2D eigenvalue weighted by atomic mass is 10.4. The second kappa shape index (κ2) is 10.3. The van der Waals surface area contributed by atoms with Gasteiger partial charge in [-0.25, -0.2) is 4.79 Å². The molecule has 0 radical (unpaired) electrons. The fourth-order valence-corrected chi connectivity index (χ4v) is 8.46. The first kappa shape index (κ1) is 19.6. The summed E-state index contributed by atoms with van der Waals surface area (Å²) < 4.78 is 16.8. The lowest BCUT2D eigenvalue weighted by molar-refractivity contribution is -0.138. The van der Waals surface area contributed by atoms with Crippen LogP contribution in [0.2, 0.25) is 31.7 Å². The Morgan fingerprint density at radius 3 is 2.50 bits per heavy atom. The normalized spacial score (nSPS) is 13.1. The first-order valence-corrected chi connectivity index (χ1v) is 12.9. The highest BCUT2D eigenvalue weighted by atomic mass is 28.4. The van der Waals surface area contributed by atoms with E-state index in [0.29, 0.717) is 12.2 Å². The summed E-state index contributed by atoms with van der Waals surface area (Å²) in [4.78, 5) is 11.2. The summed E-state index contributed by atoms with van der Waals surface area (Å²) in [6.07, 6.45) is 0.877. The van der Waals surface area contributed by atoms with Gasteiger partial charge in [-0.3, -0.25) is 0 Å². The average Bonchev–Trinajstić information content (AvgIpc) is 2.33. The lowest BCUT2D eigenvalue weighted by Crippen LogP contribution is -2.37. The molecule has 0 N–H and O–H groups in total. The molecule has 0 fully saturated rings. The van der Waals surface area contributed by atoms with E-state index in [1.54, 1.807) is 6.92 Å². The van der Waals surface area contributed by atoms with Gasteiger partial charge >= 0.3 is 5.97 Å². The molecule has 0 aliphatic rings. The molecule has 4 nitrogen and oxygen atoms in total. The highest BCUT2D eigenvalue weighted by molar-refractivity contribution is 6.78. The predicted octanol–water partition coefficient (Wildman–Crippen LogP) is 3.11. The first-order chi connectivity index (χ1) is 9.28. The first-order valence-electron chi connectivity index (χ1n) is 7.36. The molecular formula is C14H30O4Si2. The number of ether oxygens (including phenoxy) is 2. The van der Waals surface area contributed by atoms with Gasteiger partial charge < -0.3 is 13.6 Å². The summed E-state index contributed by atoms with van der Waals surface area (Å²) in [5.41, 5.74) is 0.455. The van der Waals surface area contributed by atoms with Gasteiger partial charge in [0.1, 0.15) is 0 Å². The third-order valence-electron chi connectivity index (χ3n) is 2.91. The summed E-state index contributed by atoms with van der Waals surface area (Å²) in [5, 5.41) is 0. The minimum absolute atomic E-state index is 0.299. The van der Waals surface area contributed by atoms with Crippen LogP contribution in [-0.4, -0.2) is 43.1 Å². The van der Waals surface area contributed by atoms with Crippen LogP contribution < -0.4 is 0 Å². The standard InChI is InChI=1S/C14H30O4Si2/c1-7-16-10-12-20(5,6)18-19(4)11-8-9-17-14(15)13(2)3/h19H,2,7-12H2,1,3-6H3. The van der Waals surface area contributed by atoms with Crippen molar-refractivity contribution >= 4 is 23.3 Å². The molecule has 0 aromatic rings. The number of hydrogen-bond donors (Lipinski definition) is 0. The predicted molar refractivity (Wildman–Crippen MR) is 88.1 cm³/mol. The van der Waals surface area contributed by atoms with E-state index in [4.69, 9.17) is 13.6 Å². The molecule has 0 spiro atoms. The molecule has 0 aromatic heterocycles. The van der Waals surface area contributed by atoms with Crippen LogP contribution in [0.15, 0.2) is 12.2 Å². The molecule has 6 heteroatoms. The Morgan fingerprint density at radius 2 is 1.95 bits per heavy atom. The number of carbonyl (C=O) groups excluding carboxylic acids is 1. The van der Waals surface area contributed by atoms with Crippen LogP contribution in [0.5, 0.6) is 0 Å². The Balaban J connectivity index is 3.78. The number of esters is 1. The maximum absolute atomic E-state index is 11.2. The van der Waals surface area contributed by atoms with E-state index in [2.05, 4.69) is 26.2 Å². The second-order valence-electron chi connectivity index (χ2n) is 5.69. The molecule has 1 unspecified atom stereocenters. The second-order valence-corrected chi connectivity index (χ2v) is 12.9. The van der Waals surface area contributed by atoms with Crippen molar-refractivity contribution in [1.82, 2.24) is 0 Å². The van der Waals surface area contributed by atoms with Crippen molar-refractivity contribution in [2.45, 2.75) is 52.0 Å². The summed E-state index contributed by atoms with van der Waals surface area (Å²) in [5.74, 6) is -0.299. The summed E-state index contributed by atoms with van der Waals surface area (Å²) in [7, 11) is -2.76. The van der Waals surface area contributed by atoms with Crippen LogP contribution in [0.4, 0.5) is 0 Å². The van der Waals surface area contributed by atoms with Crippen LogP contribution in [-0.2, 0) is 18.4 Å². The van der Waals surface area contributed by atoms with E-state index in [9.17, 15) is 4.79 Å². The lowest BCUT2D eigenvalue weighted by Gasteiger charge is -2.27. The zero-order valence-corrected chi connectivity index (χ0v) is 15.8.